The number of halogens is 1. The molecule has 1 atom stereocenters. The smallest absolute Gasteiger partial charge is 0.257 e. The van der Waals surface area contributed by atoms with E-state index in [2.05, 4.69) is 48.7 Å². The van der Waals surface area contributed by atoms with Crippen molar-refractivity contribution in [2.75, 3.05) is 5.32 Å². The molecule has 1 heterocycles. The fourth-order valence-corrected chi connectivity index (χ4v) is 5.45. The predicted molar refractivity (Wildman–Crippen MR) is 115 cm³/mol. The number of nitrogens with one attached hydrogen (secondary N) is 1. The molecule has 0 aliphatic heterocycles. The molecule has 1 aliphatic rings. The SMILES string of the molecule is CC(C)(C)[C@H]1CCc2c(sc(NC(=O)c3ccccc3I)c2C(N)=O)C1. The maximum absolute atomic E-state index is 12.7. The van der Waals surface area contributed by atoms with Gasteiger partial charge in [0.15, 0.2) is 0 Å². The highest BCUT2D eigenvalue weighted by atomic mass is 127. The van der Waals surface area contributed by atoms with Crippen molar-refractivity contribution < 1.29 is 9.59 Å². The molecule has 3 N–H and O–H groups in total. The first-order valence-corrected chi connectivity index (χ1v) is 10.6. The van der Waals surface area contributed by atoms with Crippen LogP contribution in [0, 0.1) is 14.9 Å². The lowest BCUT2D eigenvalue weighted by atomic mass is 9.72. The van der Waals surface area contributed by atoms with Crippen LogP contribution in [0.4, 0.5) is 5.00 Å². The monoisotopic (exact) mass is 482 g/mol. The van der Waals surface area contributed by atoms with Crippen LogP contribution in [-0.2, 0) is 12.8 Å². The van der Waals surface area contributed by atoms with Crippen molar-refractivity contribution in [3.8, 4) is 0 Å². The maximum atomic E-state index is 12.7. The lowest BCUT2D eigenvalue weighted by Crippen LogP contribution is -2.27. The van der Waals surface area contributed by atoms with Crippen molar-refractivity contribution in [2.24, 2.45) is 17.1 Å². The Kier molecular flexibility index (Phi) is 5.44. The Morgan fingerprint density at radius 3 is 2.58 bits per heavy atom. The molecule has 2 aromatic rings. The number of primary amides is 1. The molecule has 0 spiro atoms. The van der Waals surface area contributed by atoms with Gasteiger partial charge in [0.25, 0.3) is 11.8 Å². The number of hydrogen-bond acceptors (Lipinski definition) is 3. The van der Waals surface area contributed by atoms with Gasteiger partial charge in [-0.15, -0.1) is 11.3 Å². The Morgan fingerprint density at radius 1 is 1.27 bits per heavy atom. The van der Waals surface area contributed by atoms with Crippen LogP contribution in [0.5, 0.6) is 0 Å². The highest BCUT2D eigenvalue weighted by molar-refractivity contribution is 14.1. The molecule has 26 heavy (non-hydrogen) atoms. The number of fused-ring (bicyclic) bond motifs is 1. The van der Waals surface area contributed by atoms with Crippen molar-refractivity contribution in [1.82, 2.24) is 0 Å². The molecule has 0 saturated heterocycles. The highest BCUT2D eigenvalue weighted by Gasteiger charge is 2.33. The third-order valence-corrected chi connectivity index (χ3v) is 7.19. The summed E-state index contributed by atoms with van der Waals surface area (Å²) in [6, 6.07) is 7.39. The van der Waals surface area contributed by atoms with Gasteiger partial charge in [-0.05, 0) is 70.9 Å². The van der Waals surface area contributed by atoms with E-state index in [1.807, 2.05) is 18.2 Å². The summed E-state index contributed by atoms with van der Waals surface area (Å²) in [5, 5.41) is 3.52. The lowest BCUT2D eigenvalue weighted by molar-refractivity contribution is 0.1000. The average molecular weight is 482 g/mol. The topological polar surface area (TPSA) is 72.2 Å². The van der Waals surface area contributed by atoms with Gasteiger partial charge in [0.05, 0.1) is 11.1 Å². The molecule has 6 heteroatoms. The van der Waals surface area contributed by atoms with Gasteiger partial charge in [-0.3, -0.25) is 9.59 Å². The molecule has 2 amide bonds. The first-order chi connectivity index (χ1) is 12.2. The summed E-state index contributed by atoms with van der Waals surface area (Å²) in [6.07, 6.45) is 2.81. The lowest BCUT2D eigenvalue weighted by Gasteiger charge is -2.33. The van der Waals surface area contributed by atoms with Crippen LogP contribution in [0.1, 0.15) is 58.3 Å². The standard InChI is InChI=1S/C20H23IN2O2S/c1-20(2,3)11-8-9-13-15(10-11)26-19(16(13)17(22)24)23-18(25)12-6-4-5-7-14(12)21/h4-7,11H,8-10H2,1-3H3,(H2,22,24)(H,23,25)/t11-/m0/s1. The number of nitrogens with two attached hydrogens (primary N) is 1. The van der Waals surface area contributed by atoms with Crippen LogP contribution in [0.15, 0.2) is 24.3 Å². The Balaban J connectivity index is 1.94. The van der Waals surface area contributed by atoms with Crippen LogP contribution in [0.3, 0.4) is 0 Å². The summed E-state index contributed by atoms with van der Waals surface area (Å²) < 4.78 is 0.873. The van der Waals surface area contributed by atoms with Gasteiger partial charge in [0.1, 0.15) is 5.00 Å². The number of rotatable bonds is 3. The molecular formula is C20H23IN2O2S. The number of anilines is 1. The minimum Gasteiger partial charge on any atom is -0.365 e. The first kappa shape index (κ1) is 19.4. The Hall–Kier alpha value is -1.41. The van der Waals surface area contributed by atoms with Gasteiger partial charge in [-0.25, -0.2) is 0 Å². The van der Waals surface area contributed by atoms with E-state index in [9.17, 15) is 9.59 Å². The summed E-state index contributed by atoms with van der Waals surface area (Å²) >= 11 is 3.64. The normalized spacial score (nSPS) is 16.8. The average Bonchev–Trinajstić information content (AvgIpc) is 2.91. The van der Waals surface area contributed by atoms with Crippen molar-refractivity contribution in [2.45, 2.75) is 40.0 Å². The second kappa shape index (κ2) is 7.31. The molecule has 0 bridgehead atoms. The zero-order valence-corrected chi connectivity index (χ0v) is 18.2. The number of carbonyl (C=O) groups excluding carboxylic acids is 2. The largest absolute Gasteiger partial charge is 0.365 e. The van der Waals surface area contributed by atoms with Gasteiger partial charge >= 0.3 is 0 Å². The Bertz CT molecular complexity index is 867. The number of carbonyl (C=O) groups is 2. The number of hydrogen-bond donors (Lipinski definition) is 2. The van der Waals surface area contributed by atoms with E-state index in [0.29, 0.717) is 22.0 Å². The molecular weight excluding hydrogens is 459 g/mol. The molecule has 0 unspecified atom stereocenters. The van der Waals surface area contributed by atoms with Gasteiger partial charge < -0.3 is 11.1 Å². The molecule has 1 aromatic heterocycles. The zero-order chi connectivity index (χ0) is 19.1. The summed E-state index contributed by atoms with van der Waals surface area (Å²) in [5.41, 5.74) is 8.01. The van der Waals surface area contributed by atoms with E-state index in [0.717, 1.165) is 28.4 Å². The molecule has 3 rings (SSSR count). The van der Waals surface area contributed by atoms with Crippen LogP contribution >= 0.6 is 33.9 Å². The number of benzene rings is 1. The maximum Gasteiger partial charge on any atom is 0.257 e. The van der Waals surface area contributed by atoms with E-state index in [4.69, 9.17) is 5.73 Å². The predicted octanol–water partition coefficient (Wildman–Crippen LogP) is 4.85. The van der Waals surface area contributed by atoms with E-state index in [1.54, 1.807) is 6.07 Å². The zero-order valence-electron chi connectivity index (χ0n) is 15.2. The fourth-order valence-electron chi connectivity index (χ4n) is 3.49. The van der Waals surface area contributed by atoms with E-state index >= 15 is 0 Å². The fraction of sp³-hybridized carbons (Fsp3) is 0.400. The second-order valence-corrected chi connectivity index (χ2v) is 10.1. The minimum atomic E-state index is -0.463. The van der Waals surface area contributed by atoms with Crippen molar-refractivity contribution in [3.05, 3.63) is 49.4 Å². The van der Waals surface area contributed by atoms with Gasteiger partial charge in [-0.1, -0.05) is 32.9 Å². The van der Waals surface area contributed by atoms with E-state index in [1.165, 1.54) is 16.2 Å². The minimum absolute atomic E-state index is 0.205. The van der Waals surface area contributed by atoms with E-state index < -0.39 is 5.91 Å². The number of amides is 2. The summed E-state index contributed by atoms with van der Waals surface area (Å²) in [7, 11) is 0. The van der Waals surface area contributed by atoms with Crippen molar-refractivity contribution in [1.29, 1.82) is 0 Å². The molecule has 0 radical (unpaired) electrons. The van der Waals surface area contributed by atoms with Gasteiger partial charge in [-0.2, -0.15) is 0 Å². The summed E-state index contributed by atoms with van der Waals surface area (Å²) in [4.78, 5) is 26.0. The van der Waals surface area contributed by atoms with Crippen molar-refractivity contribution >= 4 is 50.7 Å². The van der Waals surface area contributed by atoms with Crippen LogP contribution in [0.25, 0.3) is 0 Å². The second-order valence-electron chi connectivity index (χ2n) is 7.81. The summed E-state index contributed by atoms with van der Waals surface area (Å²) in [6.45, 7) is 6.77. The third-order valence-electron chi connectivity index (χ3n) is 5.08. The Morgan fingerprint density at radius 2 is 1.96 bits per heavy atom. The van der Waals surface area contributed by atoms with Crippen LogP contribution < -0.4 is 11.1 Å². The quantitative estimate of drug-likeness (QED) is 0.614. The van der Waals surface area contributed by atoms with Crippen molar-refractivity contribution in [3.63, 3.8) is 0 Å². The molecule has 138 valence electrons. The molecule has 1 aliphatic carbocycles. The van der Waals surface area contributed by atoms with Gasteiger partial charge in [0.2, 0.25) is 0 Å². The van der Waals surface area contributed by atoms with Crippen LogP contribution in [-0.4, -0.2) is 11.8 Å². The van der Waals surface area contributed by atoms with E-state index in [-0.39, 0.29) is 11.3 Å². The highest BCUT2D eigenvalue weighted by Crippen LogP contribution is 2.44. The van der Waals surface area contributed by atoms with Gasteiger partial charge in [0, 0.05) is 8.45 Å². The van der Waals surface area contributed by atoms with Crippen LogP contribution in [0.2, 0.25) is 0 Å². The first-order valence-electron chi connectivity index (χ1n) is 8.68. The molecule has 0 saturated carbocycles. The molecule has 1 aromatic carbocycles. The number of thiophene rings is 1. The third kappa shape index (κ3) is 3.81. The molecule has 0 fully saturated rings. The summed E-state index contributed by atoms with van der Waals surface area (Å²) in [5.74, 6) is -0.105. The Labute approximate surface area is 171 Å². The molecule has 4 nitrogen and oxygen atoms in total.